The Morgan fingerprint density at radius 3 is 2.47 bits per heavy atom. The van der Waals surface area contributed by atoms with Crippen LogP contribution in [0.1, 0.15) is 18.4 Å². The summed E-state index contributed by atoms with van der Waals surface area (Å²) in [7, 11) is -3.67. The summed E-state index contributed by atoms with van der Waals surface area (Å²) in [5.41, 5.74) is -1.58. The highest BCUT2D eigenvalue weighted by atomic mass is 32.2. The second-order valence-corrected chi connectivity index (χ2v) is 7.25. The normalized spacial score (nSPS) is 23.3. The molecule has 1 fully saturated rings. The quantitative estimate of drug-likeness (QED) is 0.799. The molecule has 3 rings (SSSR count). The molecule has 104 valence electrons. The predicted octanol–water partition coefficient (Wildman–Crippen LogP) is 2.68. The Labute approximate surface area is 108 Å². The van der Waals surface area contributed by atoms with Crippen LogP contribution in [-0.4, -0.2) is 20.7 Å². The highest BCUT2D eigenvalue weighted by Gasteiger charge is 2.49. The third-order valence-electron chi connectivity index (χ3n) is 3.76. The largest absolute Gasteiger partial charge is 0.418 e. The lowest BCUT2D eigenvalue weighted by Crippen LogP contribution is -2.20. The summed E-state index contributed by atoms with van der Waals surface area (Å²) in [4.78, 5) is -0.230. The molecular weight excluding hydrogens is 279 g/mol. The number of sulfone groups is 1. The molecule has 0 bridgehead atoms. The van der Waals surface area contributed by atoms with Crippen molar-refractivity contribution in [3.8, 4) is 0 Å². The van der Waals surface area contributed by atoms with Crippen LogP contribution >= 0.6 is 0 Å². The van der Waals surface area contributed by atoms with Gasteiger partial charge in [0.1, 0.15) is 0 Å². The molecule has 0 saturated heterocycles. The van der Waals surface area contributed by atoms with Crippen LogP contribution < -0.4 is 5.32 Å². The summed E-state index contributed by atoms with van der Waals surface area (Å²) in [6.07, 6.45) is -3.07. The van der Waals surface area contributed by atoms with Crippen LogP contribution in [-0.2, 0) is 16.0 Å². The van der Waals surface area contributed by atoms with Gasteiger partial charge in [-0.2, -0.15) is 13.2 Å². The van der Waals surface area contributed by atoms with E-state index in [1.807, 2.05) is 0 Å². The fourth-order valence-corrected chi connectivity index (χ4v) is 4.65. The van der Waals surface area contributed by atoms with Gasteiger partial charge in [-0.05, 0) is 25.0 Å². The van der Waals surface area contributed by atoms with Gasteiger partial charge in [0.05, 0.1) is 21.9 Å². The SMILES string of the molecule is O=S1(=O)CC2(CC2)CNc2c(C(F)(F)F)cccc21. The fraction of sp³-hybridized carbons (Fsp3) is 0.500. The van der Waals surface area contributed by atoms with Gasteiger partial charge in [-0.25, -0.2) is 8.42 Å². The van der Waals surface area contributed by atoms with E-state index < -0.39 is 21.6 Å². The van der Waals surface area contributed by atoms with Crippen molar-refractivity contribution < 1.29 is 21.6 Å². The van der Waals surface area contributed by atoms with Gasteiger partial charge in [0.2, 0.25) is 0 Å². The van der Waals surface area contributed by atoms with Crippen LogP contribution in [0.3, 0.4) is 0 Å². The number of fused-ring (bicyclic) bond motifs is 1. The zero-order valence-electron chi connectivity index (χ0n) is 9.92. The summed E-state index contributed by atoms with van der Waals surface area (Å²) in [6.45, 7) is 0.284. The van der Waals surface area contributed by atoms with Crippen molar-refractivity contribution in [1.29, 1.82) is 0 Å². The molecule has 1 aromatic rings. The number of halogens is 3. The number of rotatable bonds is 0. The van der Waals surface area contributed by atoms with Crippen LogP contribution in [0.4, 0.5) is 18.9 Å². The lowest BCUT2D eigenvalue weighted by Gasteiger charge is -2.15. The first-order valence-electron chi connectivity index (χ1n) is 5.90. The molecule has 1 heterocycles. The van der Waals surface area contributed by atoms with Crippen molar-refractivity contribution in [2.24, 2.45) is 5.41 Å². The minimum Gasteiger partial charge on any atom is -0.383 e. The molecule has 3 nitrogen and oxygen atoms in total. The van der Waals surface area contributed by atoms with Gasteiger partial charge in [-0.15, -0.1) is 0 Å². The topological polar surface area (TPSA) is 46.2 Å². The van der Waals surface area contributed by atoms with E-state index in [-0.39, 0.29) is 28.3 Å². The first-order valence-corrected chi connectivity index (χ1v) is 7.56. The van der Waals surface area contributed by atoms with E-state index >= 15 is 0 Å². The Morgan fingerprint density at radius 1 is 1.21 bits per heavy atom. The van der Waals surface area contributed by atoms with E-state index in [0.29, 0.717) is 0 Å². The lowest BCUT2D eigenvalue weighted by molar-refractivity contribution is -0.137. The van der Waals surface area contributed by atoms with Crippen molar-refractivity contribution in [1.82, 2.24) is 0 Å². The molecule has 1 saturated carbocycles. The van der Waals surface area contributed by atoms with Crippen molar-refractivity contribution in [3.05, 3.63) is 23.8 Å². The molecule has 1 aromatic carbocycles. The summed E-state index contributed by atoms with van der Waals surface area (Å²) in [5, 5.41) is 2.71. The Bertz CT molecular complexity index is 633. The number of para-hydroxylation sites is 1. The molecule has 7 heteroatoms. The smallest absolute Gasteiger partial charge is 0.383 e. The fourth-order valence-electron chi connectivity index (χ4n) is 2.51. The number of hydrogen-bond donors (Lipinski definition) is 1. The van der Waals surface area contributed by atoms with Gasteiger partial charge in [0.15, 0.2) is 9.84 Å². The summed E-state index contributed by atoms with van der Waals surface area (Å²) in [6, 6.07) is 3.30. The summed E-state index contributed by atoms with van der Waals surface area (Å²) in [5.74, 6) is -0.0681. The lowest BCUT2D eigenvalue weighted by atomic mass is 10.1. The van der Waals surface area contributed by atoms with Crippen molar-refractivity contribution in [2.75, 3.05) is 17.6 Å². The van der Waals surface area contributed by atoms with Crippen LogP contribution in [0.15, 0.2) is 23.1 Å². The molecule has 1 N–H and O–H groups in total. The van der Waals surface area contributed by atoms with Gasteiger partial charge < -0.3 is 5.32 Å². The molecule has 1 aliphatic heterocycles. The molecule has 0 aromatic heterocycles. The Morgan fingerprint density at radius 2 is 1.89 bits per heavy atom. The maximum atomic E-state index is 12.9. The average Bonchev–Trinajstić information content (AvgIpc) is 3.05. The van der Waals surface area contributed by atoms with E-state index in [9.17, 15) is 21.6 Å². The molecular formula is C12H12F3NO2S. The Kier molecular flexibility index (Phi) is 2.46. The first kappa shape index (κ1) is 12.8. The summed E-state index contributed by atoms with van der Waals surface area (Å²) < 4.78 is 63.2. The monoisotopic (exact) mass is 291 g/mol. The van der Waals surface area contributed by atoms with Crippen LogP contribution in [0, 0.1) is 5.41 Å². The van der Waals surface area contributed by atoms with Gasteiger partial charge in [0, 0.05) is 12.0 Å². The molecule has 0 amide bonds. The maximum absolute atomic E-state index is 12.9. The third kappa shape index (κ3) is 2.09. The number of alkyl halides is 3. The number of hydrogen-bond acceptors (Lipinski definition) is 3. The molecule has 1 aliphatic carbocycles. The predicted molar refractivity (Wildman–Crippen MR) is 63.7 cm³/mol. The minimum atomic E-state index is -4.56. The van der Waals surface area contributed by atoms with Gasteiger partial charge in [-0.1, -0.05) is 6.07 Å². The molecule has 0 unspecified atom stereocenters. The van der Waals surface area contributed by atoms with E-state index in [4.69, 9.17) is 0 Å². The standard InChI is InChI=1S/C12H12F3NO2S/c13-12(14,15)8-2-1-3-9-10(8)16-6-11(4-5-11)7-19(9,17)18/h1-3,16H,4-7H2. The molecule has 2 aliphatic rings. The number of anilines is 1. The zero-order valence-corrected chi connectivity index (χ0v) is 10.7. The minimum absolute atomic E-state index is 0.0681. The van der Waals surface area contributed by atoms with E-state index in [1.54, 1.807) is 0 Å². The highest BCUT2D eigenvalue weighted by molar-refractivity contribution is 7.91. The van der Waals surface area contributed by atoms with Crippen molar-refractivity contribution in [2.45, 2.75) is 23.9 Å². The molecule has 0 atom stereocenters. The highest BCUT2D eigenvalue weighted by Crippen LogP contribution is 2.51. The third-order valence-corrected chi connectivity index (χ3v) is 5.76. The Hall–Kier alpha value is -1.24. The van der Waals surface area contributed by atoms with E-state index in [2.05, 4.69) is 5.32 Å². The van der Waals surface area contributed by atoms with Crippen molar-refractivity contribution in [3.63, 3.8) is 0 Å². The average molecular weight is 291 g/mol. The molecule has 1 spiro atoms. The van der Waals surface area contributed by atoms with Gasteiger partial charge in [0.25, 0.3) is 0 Å². The summed E-state index contributed by atoms with van der Waals surface area (Å²) >= 11 is 0. The van der Waals surface area contributed by atoms with Gasteiger partial charge in [-0.3, -0.25) is 0 Å². The number of benzene rings is 1. The maximum Gasteiger partial charge on any atom is 0.418 e. The van der Waals surface area contributed by atoms with Crippen molar-refractivity contribution >= 4 is 15.5 Å². The van der Waals surface area contributed by atoms with Crippen LogP contribution in [0.25, 0.3) is 0 Å². The number of nitrogens with one attached hydrogen (secondary N) is 1. The van der Waals surface area contributed by atoms with Gasteiger partial charge >= 0.3 is 6.18 Å². The second-order valence-electron chi connectivity index (χ2n) is 5.29. The van der Waals surface area contributed by atoms with Crippen LogP contribution in [0.5, 0.6) is 0 Å². The second kappa shape index (κ2) is 3.65. The molecule has 19 heavy (non-hydrogen) atoms. The van der Waals surface area contributed by atoms with Crippen LogP contribution in [0.2, 0.25) is 0 Å². The Balaban J connectivity index is 2.19. The van der Waals surface area contributed by atoms with E-state index in [1.165, 1.54) is 6.07 Å². The zero-order chi connectivity index (χ0) is 13.9. The molecule has 0 radical (unpaired) electrons. The van der Waals surface area contributed by atoms with E-state index in [0.717, 1.165) is 25.0 Å². The first-order chi connectivity index (χ1) is 8.74.